The number of rotatable bonds is 10. The highest BCUT2D eigenvalue weighted by atomic mass is 16.6. The Labute approximate surface area is 294 Å². The minimum Gasteiger partial charge on any atom is -0.489 e. The maximum absolute atomic E-state index is 14.0. The maximum Gasteiger partial charge on any atom is 0.406 e. The summed E-state index contributed by atoms with van der Waals surface area (Å²) in [7, 11) is 0. The fraction of sp³-hybridized carbons (Fsp3) is 0.163. The number of hydrogen-bond donors (Lipinski definition) is 2. The van der Waals surface area contributed by atoms with Crippen LogP contribution in [0.4, 0.5) is 11.4 Å². The summed E-state index contributed by atoms with van der Waals surface area (Å²) in [5.74, 6) is 0.303. The number of carbonyl (C=O) groups is 1. The van der Waals surface area contributed by atoms with Crippen molar-refractivity contribution in [1.29, 1.82) is 0 Å². The Hall–Kier alpha value is -5.82. The lowest BCUT2D eigenvalue weighted by atomic mass is 9.65. The highest BCUT2D eigenvalue weighted by Crippen LogP contribution is 2.34. The van der Waals surface area contributed by atoms with Crippen LogP contribution in [-0.2, 0) is 22.6 Å². The van der Waals surface area contributed by atoms with Gasteiger partial charge in [0, 0.05) is 34.3 Å². The topological polar surface area (TPSA) is 72.0 Å². The molecule has 7 rings (SSSR count). The summed E-state index contributed by atoms with van der Waals surface area (Å²) in [5, 5.41) is 9.72. The second-order valence-electron chi connectivity index (χ2n) is 13.5. The molecule has 50 heavy (non-hydrogen) atoms. The Morgan fingerprint density at radius 3 is 1.88 bits per heavy atom. The monoisotopic (exact) mass is 657 g/mol. The molecule has 6 aromatic carbocycles. The fourth-order valence-electron chi connectivity index (χ4n) is 6.31. The number of benzene rings is 6. The third-order valence-electron chi connectivity index (χ3n) is 8.64. The van der Waals surface area contributed by atoms with Crippen LogP contribution in [0.2, 0.25) is 0 Å². The SMILES string of the molecule is CC(C)(C)OC(=O)C(Cc1ccc(B2Nc3cccc4cccc(c34)N2)cc1OCc1ccccc1)N=C(c1ccccc1)c1ccccc1. The van der Waals surface area contributed by atoms with Gasteiger partial charge in [-0.05, 0) is 60.9 Å². The van der Waals surface area contributed by atoms with E-state index in [1.165, 1.54) is 10.8 Å². The molecule has 0 aliphatic carbocycles. The van der Waals surface area contributed by atoms with Crippen LogP contribution in [0.3, 0.4) is 0 Å². The van der Waals surface area contributed by atoms with Gasteiger partial charge in [0.15, 0.2) is 6.04 Å². The molecule has 1 aliphatic heterocycles. The first-order valence-corrected chi connectivity index (χ1v) is 17.1. The highest BCUT2D eigenvalue weighted by molar-refractivity contribution is 6.80. The van der Waals surface area contributed by atoms with Gasteiger partial charge in [-0.25, -0.2) is 4.79 Å². The third-order valence-corrected chi connectivity index (χ3v) is 8.64. The Morgan fingerprint density at radius 1 is 0.720 bits per heavy atom. The van der Waals surface area contributed by atoms with Crippen molar-refractivity contribution in [1.82, 2.24) is 0 Å². The zero-order chi connectivity index (χ0) is 34.5. The molecule has 6 nitrogen and oxygen atoms in total. The first kappa shape index (κ1) is 32.7. The number of carbonyl (C=O) groups excluding carboxylic acids is 1. The molecule has 2 N–H and O–H groups in total. The lowest BCUT2D eigenvalue weighted by Gasteiger charge is -2.27. The first-order valence-electron chi connectivity index (χ1n) is 17.1. The van der Waals surface area contributed by atoms with Crippen molar-refractivity contribution in [3.8, 4) is 5.75 Å². The Bertz CT molecular complexity index is 2050. The second-order valence-corrected chi connectivity index (χ2v) is 13.5. The van der Waals surface area contributed by atoms with Crippen LogP contribution in [0.5, 0.6) is 5.75 Å². The Kier molecular flexibility index (Phi) is 9.39. The van der Waals surface area contributed by atoms with Crippen LogP contribution < -0.4 is 20.7 Å². The van der Waals surface area contributed by atoms with Crippen molar-refractivity contribution in [3.63, 3.8) is 0 Å². The number of anilines is 2. The quantitative estimate of drug-likeness (QED) is 0.0879. The van der Waals surface area contributed by atoms with E-state index < -0.39 is 11.6 Å². The molecule has 1 unspecified atom stereocenters. The summed E-state index contributed by atoms with van der Waals surface area (Å²) in [6, 6.07) is 48.1. The average molecular weight is 658 g/mol. The normalized spacial score (nSPS) is 12.7. The summed E-state index contributed by atoms with van der Waals surface area (Å²) in [4.78, 5) is 19.2. The molecule has 0 amide bonds. The number of aliphatic imine (C=N–C) groups is 1. The maximum atomic E-state index is 14.0. The molecule has 0 saturated carbocycles. The van der Waals surface area contributed by atoms with Gasteiger partial charge in [0.1, 0.15) is 18.0 Å². The van der Waals surface area contributed by atoms with Gasteiger partial charge < -0.3 is 19.9 Å². The third kappa shape index (κ3) is 7.58. The van der Waals surface area contributed by atoms with E-state index in [9.17, 15) is 4.79 Å². The summed E-state index contributed by atoms with van der Waals surface area (Å²) < 4.78 is 12.6. The zero-order valence-corrected chi connectivity index (χ0v) is 28.6. The number of nitrogens with one attached hydrogen (secondary N) is 2. The molecule has 0 aromatic heterocycles. The van der Waals surface area contributed by atoms with E-state index in [4.69, 9.17) is 14.5 Å². The van der Waals surface area contributed by atoms with Gasteiger partial charge >= 0.3 is 13.0 Å². The van der Waals surface area contributed by atoms with Crippen molar-refractivity contribution in [2.75, 3.05) is 10.5 Å². The molecule has 1 heterocycles. The molecule has 0 fully saturated rings. The Morgan fingerprint density at radius 2 is 1.30 bits per heavy atom. The van der Waals surface area contributed by atoms with Crippen LogP contribution in [0.1, 0.15) is 43.0 Å². The summed E-state index contributed by atoms with van der Waals surface area (Å²) >= 11 is 0. The van der Waals surface area contributed by atoms with Gasteiger partial charge in [-0.2, -0.15) is 0 Å². The molecule has 248 valence electrons. The molecule has 1 atom stereocenters. The largest absolute Gasteiger partial charge is 0.489 e. The smallest absolute Gasteiger partial charge is 0.406 e. The molecule has 0 radical (unpaired) electrons. The standard InChI is InChI=1S/C43H40BN3O3/c1-43(2,3)50-42(48)38(45-41(32-17-9-5-10-18-32)33-19-11-6-12-20-33)27-34-25-26-35(28-39(34)49-29-30-15-7-4-8-16-30)44-46-36-23-13-21-31-22-14-24-37(47-44)40(31)36/h4-26,28,38,46-47H,27,29H2,1-3H3. The van der Waals surface area contributed by atoms with Crippen molar-refractivity contribution < 1.29 is 14.3 Å². The van der Waals surface area contributed by atoms with E-state index in [1.807, 2.05) is 112 Å². The van der Waals surface area contributed by atoms with Crippen molar-refractivity contribution in [2.45, 2.75) is 45.4 Å². The van der Waals surface area contributed by atoms with Gasteiger partial charge in [-0.15, -0.1) is 0 Å². The number of ether oxygens (including phenoxy) is 2. The minimum absolute atomic E-state index is 0.189. The fourth-order valence-corrected chi connectivity index (χ4v) is 6.31. The van der Waals surface area contributed by atoms with Crippen LogP contribution in [0.15, 0.2) is 151 Å². The molecule has 6 aromatic rings. The highest BCUT2D eigenvalue weighted by Gasteiger charge is 2.30. The first-order chi connectivity index (χ1) is 24.3. The van der Waals surface area contributed by atoms with Gasteiger partial charge in [0.2, 0.25) is 0 Å². The Balaban J connectivity index is 1.28. The van der Waals surface area contributed by atoms with Crippen molar-refractivity contribution >= 4 is 46.3 Å². The van der Waals surface area contributed by atoms with Crippen LogP contribution in [0.25, 0.3) is 10.8 Å². The molecular weight excluding hydrogens is 617 g/mol. The van der Waals surface area contributed by atoms with Crippen molar-refractivity contribution in [3.05, 3.63) is 168 Å². The zero-order valence-electron chi connectivity index (χ0n) is 28.6. The van der Waals surface area contributed by atoms with E-state index >= 15 is 0 Å². The van der Waals surface area contributed by atoms with Crippen molar-refractivity contribution in [2.24, 2.45) is 4.99 Å². The van der Waals surface area contributed by atoms with Crippen LogP contribution in [0, 0.1) is 0 Å². The van der Waals surface area contributed by atoms with Gasteiger partial charge in [0.25, 0.3) is 0 Å². The van der Waals surface area contributed by atoms with E-state index in [0.717, 1.165) is 44.8 Å². The molecule has 0 saturated heterocycles. The molecule has 0 bridgehead atoms. The minimum atomic E-state index is -0.829. The van der Waals surface area contributed by atoms with E-state index in [-0.39, 0.29) is 19.4 Å². The summed E-state index contributed by atoms with van der Waals surface area (Å²) in [5.41, 5.74) is 6.97. The predicted octanol–water partition coefficient (Wildman–Crippen LogP) is 8.44. The second kappa shape index (κ2) is 14.3. The summed E-state index contributed by atoms with van der Waals surface area (Å²) in [6.45, 7) is 5.84. The van der Waals surface area contributed by atoms with Crippen LogP contribution in [-0.4, -0.2) is 30.3 Å². The van der Waals surface area contributed by atoms with Gasteiger partial charge in [0.05, 0.1) is 5.71 Å². The molecule has 0 spiro atoms. The number of hydrogen-bond acceptors (Lipinski definition) is 6. The van der Waals surface area contributed by atoms with E-state index in [0.29, 0.717) is 12.4 Å². The lowest BCUT2D eigenvalue weighted by Crippen LogP contribution is -2.47. The molecule has 1 aliphatic rings. The molecule has 7 heteroatoms. The van der Waals surface area contributed by atoms with Gasteiger partial charge in [-0.1, -0.05) is 127 Å². The van der Waals surface area contributed by atoms with Gasteiger partial charge in [-0.3, -0.25) is 4.99 Å². The summed E-state index contributed by atoms with van der Waals surface area (Å²) in [6.07, 6.45) is 0.288. The van der Waals surface area contributed by atoms with E-state index in [2.05, 4.69) is 65.1 Å². The number of nitrogens with zero attached hydrogens (tertiary/aromatic N) is 1. The van der Waals surface area contributed by atoms with Crippen LogP contribution >= 0.6 is 0 Å². The average Bonchev–Trinajstić information content (AvgIpc) is 3.13. The van der Waals surface area contributed by atoms with E-state index in [1.54, 1.807) is 0 Å². The molecular formula is C43H40BN3O3. The predicted molar refractivity (Wildman–Crippen MR) is 206 cm³/mol. The lowest BCUT2D eigenvalue weighted by molar-refractivity contribution is -0.156. The number of esters is 1.